The second kappa shape index (κ2) is 7.84. The van der Waals surface area contributed by atoms with E-state index in [-0.39, 0.29) is 0 Å². The molecule has 0 spiro atoms. The summed E-state index contributed by atoms with van der Waals surface area (Å²) in [6, 6.07) is 9.14. The summed E-state index contributed by atoms with van der Waals surface area (Å²) in [5.74, 6) is 0.989. The highest BCUT2D eigenvalue weighted by Crippen LogP contribution is 2.28. The van der Waals surface area contributed by atoms with Crippen molar-refractivity contribution in [1.82, 2.24) is 10.2 Å². The van der Waals surface area contributed by atoms with Gasteiger partial charge in [0.15, 0.2) is 0 Å². The Morgan fingerprint density at radius 2 is 2.00 bits per heavy atom. The van der Waals surface area contributed by atoms with E-state index in [1.54, 1.807) is 7.11 Å². The van der Waals surface area contributed by atoms with Gasteiger partial charge < -0.3 is 15.0 Å². The molecule has 0 aliphatic carbocycles. The minimum Gasteiger partial charge on any atom is -0.495 e. The first-order valence-corrected chi connectivity index (χ1v) is 8.70. The van der Waals surface area contributed by atoms with Crippen LogP contribution in [0.25, 0.3) is 0 Å². The molecule has 0 bridgehead atoms. The molecule has 2 heterocycles. The van der Waals surface area contributed by atoms with E-state index in [1.165, 1.54) is 44.5 Å². The van der Waals surface area contributed by atoms with Crippen molar-refractivity contribution in [3.8, 4) is 5.75 Å². The number of anilines is 1. The smallest absolute Gasteiger partial charge is 0.142 e. The molecule has 122 valence electrons. The Morgan fingerprint density at radius 3 is 2.73 bits per heavy atom. The molecule has 1 aromatic carbocycles. The topological polar surface area (TPSA) is 27.7 Å². The van der Waals surface area contributed by atoms with E-state index >= 15 is 0 Å². The quantitative estimate of drug-likeness (QED) is 0.873. The third-order valence-corrected chi connectivity index (χ3v) is 4.99. The van der Waals surface area contributed by atoms with Crippen LogP contribution >= 0.6 is 0 Å². The van der Waals surface area contributed by atoms with Gasteiger partial charge in [0.25, 0.3) is 0 Å². The average Bonchev–Trinajstić information content (AvgIpc) is 3.09. The number of rotatable bonds is 6. The first kappa shape index (κ1) is 15.6. The molecule has 1 aromatic rings. The van der Waals surface area contributed by atoms with Gasteiger partial charge in [0.05, 0.1) is 12.8 Å². The van der Waals surface area contributed by atoms with Gasteiger partial charge in [-0.05, 0) is 50.9 Å². The zero-order valence-electron chi connectivity index (χ0n) is 13.8. The fourth-order valence-electron chi connectivity index (χ4n) is 3.67. The molecule has 1 atom stereocenters. The predicted molar refractivity (Wildman–Crippen MR) is 91.9 cm³/mol. The highest BCUT2D eigenvalue weighted by molar-refractivity contribution is 5.58. The maximum atomic E-state index is 5.49. The number of hydrogen-bond acceptors (Lipinski definition) is 4. The molecule has 0 radical (unpaired) electrons. The minimum atomic E-state index is 0.787. The van der Waals surface area contributed by atoms with E-state index in [2.05, 4.69) is 33.3 Å². The van der Waals surface area contributed by atoms with Crippen molar-refractivity contribution in [2.75, 3.05) is 51.3 Å². The molecule has 4 heteroatoms. The number of ether oxygens (including phenoxy) is 1. The van der Waals surface area contributed by atoms with Gasteiger partial charge in [0, 0.05) is 32.2 Å². The second-order valence-electron chi connectivity index (χ2n) is 6.44. The number of piperazine rings is 1. The van der Waals surface area contributed by atoms with Crippen LogP contribution in [0.15, 0.2) is 24.3 Å². The number of hydrogen-bond donors (Lipinski definition) is 1. The van der Waals surface area contributed by atoms with Crippen LogP contribution in [-0.4, -0.2) is 57.3 Å². The average molecular weight is 303 g/mol. The van der Waals surface area contributed by atoms with Crippen molar-refractivity contribution in [1.29, 1.82) is 0 Å². The molecule has 0 saturated carbocycles. The monoisotopic (exact) mass is 303 g/mol. The van der Waals surface area contributed by atoms with Gasteiger partial charge in [-0.3, -0.25) is 4.90 Å². The lowest BCUT2D eigenvalue weighted by atomic mass is 10.1. The Kier molecular flexibility index (Phi) is 5.57. The SMILES string of the molecule is COc1ccccc1N1CCN(CCCC2CCCN2)CC1. The highest BCUT2D eigenvalue weighted by atomic mass is 16.5. The zero-order chi connectivity index (χ0) is 15.2. The van der Waals surface area contributed by atoms with Crippen LogP contribution in [0.2, 0.25) is 0 Å². The lowest BCUT2D eigenvalue weighted by Gasteiger charge is -2.36. The molecule has 2 aliphatic rings. The zero-order valence-corrected chi connectivity index (χ0v) is 13.8. The maximum Gasteiger partial charge on any atom is 0.142 e. The summed E-state index contributed by atoms with van der Waals surface area (Å²) in [5.41, 5.74) is 1.24. The second-order valence-corrected chi connectivity index (χ2v) is 6.44. The minimum absolute atomic E-state index is 0.787. The van der Waals surface area contributed by atoms with Crippen LogP contribution in [0.3, 0.4) is 0 Å². The number of methoxy groups -OCH3 is 1. The summed E-state index contributed by atoms with van der Waals surface area (Å²) < 4.78 is 5.49. The van der Waals surface area contributed by atoms with Crippen molar-refractivity contribution < 1.29 is 4.74 Å². The van der Waals surface area contributed by atoms with Gasteiger partial charge in [0.1, 0.15) is 5.75 Å². The molecular formula is C18H29N3O. The molecule has 2 aliphatic heterocycles. The van der Waals surface area contributed by atoms with E-state index in [0.717, 1.165) is 38.0 Å². The molecule has 1 N–H and O–H groups in total. The molecule has 3 rings (SSSR count). The van der Waals surface area contributed by atoms with E-state index < -0.39 is 0 Å². The Morgan fingerprint density at radius 1 is 1.18 bits per heavy atom. The van der Waals surface area contributed by atoms with Crippen LogP contribution < -0.4 is 15.0 Å². The normalized spacial score (nSPS) is 23.0. The third kappa shape index (κ3) is 3.93. The van der Waals surface area contributed by atoms with Crippen LogP contribution in [0.1, 0.15) is 25.7 Å². The summed E-state index contributed by atoms with van der Waals surface area (Å²) in [5, 5.41) is 3.59. The number of nitrogens with zero attached hydrogens (tertiary/aromatic N) is 2. The summed E-state index contributed by atoms with van der Waals surface area (Å²) in [6.45, 7) is 7.00. The van der Waals surface area contributed by atoms with E-state index in [9.17, 15) is 0 Å². The Labute approximate surface area is 134 Å². The predicted octanol–water partition coefficient (Wildman–Crippen LogP) is 2.35. The molecule has 1 unspecified atom stereocenters. The van der Waals surface area contributed by atoms with Gasteiger partial charge in [0.2, 0.25) is 0 Å². The fourth-order valence-corrected chi connectivity index (χ4v) is 3.67. The molecule has 4 nitrogen and oxygen atoms in total. The van der Waals surface area contributed by atoms with Gasteiger partial charge in [-0.2, -0.15) is 0 Å². The molecule has 2 fully saturated rings. The van der Waals surface area contributed by atoms with E-state index in [4.69, 9.17) is 4.74 Å². The van der Waals surface area contributed by atoms with Crippen molar-refractivity contribution in [3.63, 3.8) is 0 Å². The molecule has 22 heavy (non-hydrogen) atoms. The Bertz CT molecular complexity index is 451. The van der Waals surface area contributed by atoms with Gasteiger partial charge in [-0.1, -0.05) is 12.1 Å². The molecular weight excluding hydrogens is 274 g/mol. The van der Waals surface area contributed by atoms with Gasteiger partial charge in [-0.15, -0.1) is 0 Å². The van der Waals surface area contributed by atoms with Crippen molar-refractivity contribution in [3.05, 3.63) is 24.3 Å². The molecule has 2 saturated heterocycles. The molecule has 0 amide bonds. The Hall–Kier alpha value is -1.26. The summed E-state index contributed by atoms with van der Waals surface area (Å²) >= 11 is 0. The first-order valence-electron chi connectivity index (χ1n) is 8.70. The largest absolute Gasteiger partial charge is 0.495 e. The number of benzene rings is 1. The standard InChI is InChI=1S/C18H29N3O/c1-22-18-9-3-2-8-17(18)21-14-12-20(13-15-21)11-5-7-16-6-4-10-19-16/h2-3,8-9,16,19H,4-7,10-15H2,1H3. The summed E-state index contributed by atoms with van der Waals surface area (Å²) in [4.78, 5) is 5.06. The van der Waals surface area contributed by atoms with Crippen LogP contribution in [0.5, 0.6) is 5.75 Å². The third-order valence-electron chi connectivity index (χ3n) is 4.99. The van der Waals surface area contributed by atoms with Crippen molar-refractivity contribution in [2.24, 2.45) is 0 Å². The van der Waals surface area contributed by atoms with E-state index in [1.807, 2.05) is 6.07 Å². The molecule has 0 aromatic heterocycles. The van der Waals surface area contributed by atoms with Gasteiger partial charge >= 0.3 is 0 Å². The van der Waals surface area contributed by atoms with Crippen molar-refractivity contribution in [2.45, 2.75) is 31.7 Å². The fraction of sp³-hybridized carbons (Fsp3) is 0.667. The van der Waals surface area contributed by atoms with Crippen LogP contribution in [0, 0.1) is 0 Å². The van der Waals surface area contributed by atoms with Crippen LogP contribution in [0.4, 0.5) is 5.69 Å². The Balaban J connectivity index is 1.42. The van der Waals surface area contributed by atoms with Gasteiger partial charge in [-0.25, -0.2) is 0 Å². The summed E-state index contributed by atoms with van der Waals surface area (Å²) in [6.07, 6.45) is 5.41. The lowest BCUT2D eigenvalue weighted by Crippen LogP contribution is -2.46. The van der Waals surface area contributed by atoms with Crippen molar-refractivity contribution >= 4 is 5.69 Å². The lowest BCUT2D eigenvalue weighted by molar-refractivity contribution is 0.249. The number of nitrogens with one attached hydrogen (secondary N) is 1. The van der Waals surface area contributed by atoms with Crippen LogP contribution in [-0.2, 0) is 0 Å². The number of para-hydroxylation sites is 2. The maximum absolute atomic E-state index is 5.49. The first-order chi connectivity index (χ1) is 10.9. The van der Waals surface area contributed by atoms with E-state index in [0.29, 0.717) is 0 Å². The summed E-state index contributed by atoms with van der Waals surface area (Å²) in [7, 11) is 1.76. The highest BCUT2D eigenvalue weighted by Gasteiger charge is 2.20.